The van der Waals surface area contributed by atoms with Gasteiger partial charge in [0, 0.05) is 12.3 Å². The molecule has 0 N–H and O–H groups in total. The van der Waals surface area contributed by atoms with E-state index >= 15 is 0 Å². The summed E-state index contributed by atoms with van der Waals surface area (Å²) in [5.41, 5.74) is 0. The topological polar surface area (TPSA) is 30.7 Å². The van der Waals surface area contributed by atoms with Gasteiger partial charge in [0.25, 0.3) is 0 Å². The minimum atomic E-state index is 0.357. The molecule has 2 aromatic heterocycles. The van der Waals surface area contributed by atoms with Gasteiger partial charge in [-0.25, -0.2) is 9.67 Å². The van der Waals surface area contributed by atoms with Crippen LogP contribution in [0.3, 0.4) is 0 Å². The van der Waals surface area contributed by atoms with Gasteiger partial charge in [0.1, 0.15) is 5.15 Å². The van der Waals surface area contributed by atoms with E-state index < -0.39 is 0 Å². The molecule has 0 atom stereocenters. The molecular formula is C8H5Cl2N3. The first-order chi connectivity index (χ1) is 6.27. The number of hydrogen-bond acceptors (Lipinski definition) is 2. The Kier molecular flexibility index (Phi) is 2.20. The second kappa shape index (κ2) is 3.36. The van der Waals surface area contributed by atoms with E-state index in [9.17, 15) is 0 Å². The van der Waals surface area contributed by atoms with E-state index in [1.807, 2.05) is 12.1 Å². The van der Waals surface area contributed by atoms with Crippen LogP contribution in [0.5, 0.6) is 0 Å². The molecule has 0 amide bonds. The van der Waals surface area contributed by atoms with E-state index in [0.717, 1.165) is 0 Å². The molecule has 0 aliphatic heterocycles. The maximum absolute atomic E-state index is 5.86. The number of rotatable bonds is 1. The lowest BCUT2D eigenvalue weighted by Gasteiger charge is -1.99. The van der Waals surface area contributed by atoms with Gasteiger partial charge in [-0.15, -0.1) is 0 Å². The summed E-state index contributed by atoms with van der Waals surface area (Å²) in [7, 11) is 0. The Bertz CT molecular complexity index is 411. The van der Waals surface area contributed by atoms with Crippen molar-refractivity contribution in [1.29, 1.82) is 0 Å². The van der Waals surface area contributed by atoms with E-state index in [0.29, 0.717) is 16.1 Å². The lowest BCUT2D eigenvalue weighted by Crippen LogP contribution is -1.98. The van der Waals surface area contributed by atoms with Crippen LogP contribution in [0.25, 0.3) is 5.82 Å². The van der Waals surface area contributed by atoms with Gasteiger partial charge in [-0.1, -0.05) is 29.3 Å². The highest BCUT2D eigenvalue weighted by molar-refractivity contribution is 6.33. The second-order valence-corrected chi connectivity index (χ2v) is 3.16. The van der Waals surface area contributed by atoms with Crippen molar-refractivity contribution in [2.75, 3.05) is 0 Å². The van der Waals surface area contributed by atoms with Crippen molar-refractivity contribution < 1.29 is 0 Å². The Hall–Kier alpha value is -1.06. The minimum Gasteiger partial charge on any atom is -0.237 e. The summed E-state index contributed by atoms with van der Waals surface area (Å²) < 4.78 is 1.48. The fourth-order valence-electron chi connectivity index (χ4n) is 0.971. The third-order valence-corrected chi connectivity index (χ3v) is 1.96. The van der Waals surface area contributed by atoms with Crippen molar-refractivity contribution in [3.8, 4) is 5.82 Å². The second-order valence-electron chi connectivity index (χ2n) is 2.39. The molecule has 13 heavy (non-hydrogen) atoms. The highest BCUT2D eigenvalue weighted by Crippen LogP contribution is 2.17. The Morgan fingerprint density at radius 3 is 2.62 bits per heavy atom. The maximum atomic E-state index is 5.86. The molecule has 0 aliphatic carbocycles. The normalized spacial score (nSPS) is 10.3. The Balaban J connectivity index is 2.53. The maximum Gasteiger partial charge on any atom is 0.155 e. The molecule has 0 bridgehead atoms. The van der Waals surface area contributed by atoms with Crippen LogP contribution >= 0.6 is 23.2 Å². The Labute approximate surface area is 84.9 Å². The van der Waals surface area contributed by atoms with E-state index in [1.54, 1.807) is 18.3 Å². The first kappa shape index (κ1) is 8.53. The van der Waals surface area contributed by atoms with E-state index in [-0.39, 0.29) is 0 Å². The lowest BCUT2D eigenvalue weighted by molar-refractivity contribution is 0.848. The molecule has 66 valence electrons. The fourth-order valence-corrected chi connectivity index (χ4v) is 1.43. The van der Waals surface area contributed by atoms with Crippen LogP contribution in [0.15, 0.2) is 30.5 Å². The summed E-state index contributed by atoms with van der Waals surface area (Å²) in [5, 5.41) is 4.77. The average molecular weight is 214 g/mol. The van der Waals surface area contributed by atoms with Gasteiger partial charge in [0.2, 0.25) is 0 Å². The summed E-state index contributed by atoms with van der Waals surface area (Å²) in [6.45, 7) is 0. The molecule has 5 heteroatoms. The van der Waals surface area contributed by atoms with Crippen LogP contribution in [0.4, 0.5) is 0 Å². The number of aromatic nitrogens is 3. The summed E-state index contributed by atoms with van der Waals surface area (Å²) in [6.07, 6.45) is 1.67. The van der Waals surface area contributed by atoms with Crippen molar-refractivity contribution in [3.63, 3.8) is 0 Å². The van der Waals surface area contributed by atoms with Crippen molar-refractivity contribution in [2.45, 2.75) is 0 Å². The first-order valence-corrected chi connectivity index (χ1v) is 4.35. The number of pyridine rings is 1. The zero-order valence-electron chi connectivity index (χ0n) is 6.48. The van der Waals surface area contributed by atoms with E-state index in [2.05, 4.69) is 10.1 Å². The highest BCUT2D eigenvalue weighted by atomic mass is 35.5. The monoisotopic (exact) mass is 213 g/mol. The molecule has 0 fully saturated rings. The van der Waals surface area contributed by atoms with Gasteiger partial charge in [-0.05, 0) is 12.1 Å². The van der Waals surface area contributed by atoms with Crippen molar-refractivity contribution >= 4 is 23.2 Å². The lowest BCUT2D eigenvalue weighted by atomic mass is 10.5. The molecule has 0 saturated heterocycles. The molecule has 0 aliphatic rings. The van der Waals surface area contributed by atoms with Crippen molar-refractivity contribution in [2.24, 2.45) is 0 Å². The summed E-state index contributed by atoms with van der Waals surface area (Å²) >= 11 is 11.5. The van der Waals surface area contributed by atoms with Crippen molar-refractivity contribution in [3.05, 3.63) is 40.8 Å². The molecule has 2 aromatic rings. The number of halogens is 2. The van der Waals surface area contributed by atoms with Crippen LogP contribution < -0.4 is 0 Å². The summed E-state index contributed by atoms with van der Waals surface area (Å²) in [4.78, 5) is 4.08. The minimum absolute atomic E-state index is 0.357. The first-order valence-electron chi connectivity index (χ1n) is 3.60. The highest BCUT2D eigenvalue weighted by Gasteiger charge is 2.05. The number of hydrogen-bond donors (Lipinski definition) is 0. The molecular weight excluding hydrogens is 209 g/mol. The molecule has 0 aromatic carbocycles. The quantitative estimate of drug-likeness (QED) is 0.730. The van der Waals surface area contributed by atoms with Gasteiger partial charge in [-0.2, -0.15) is 5.10 Å². The summed E-state index contributed by atoms with van der Waals surface area (Å²) in [6, 6.07) is 7.05. The van der Waals surface area contributed by atoms with Gasteiger partial charge >= 0.3 is 0 Å². The SMILES string of the molecule is Clc1cc(Cl)n(-c2ccccn2)n1. The van der Waals surface area contributed by atoms with Crippen molar-refractivity contribution in [1.82, 2.24) is 14.8 Å². The predicted molar refractivity (Wildman–Crippen MR) is 51.4 cm³/mol. The Morgan fingerprint density at radius 1 is 1.23 bits per heavy atom. The molecule has 2 rings (SSSR count). The van der Waals surface area contributed by atoms with E-state index in [1.165, 1.54) is 4.68 Å². The molecule has 0 unspecified atom stereocenters. The molecule has 3 nitrogen and oxygen atoms in total. The molecule has 0 radical (unpaired) electrons. The van der Waals surface area contributed by atoms with Crippen LogP contribution in [-0.2, 0) is 0 Å². The fraction of sp³-hybridized carbons (Fsp3) is 0. The number of nitrogens with zero attached hydrogens (tertiary/aromatic N) is 3. The third-order valence-electron chi connectivity index (χ3n) is 1.50. The largest absolute Gasteiger partial charge is 0.237 e. The van der Waals surface area contributed by atoms with Gasteiger partial charge in [0.15, 0.2) is 11.0 Å². The molecule has 0 spiro atoms. The zero-order chi connectivity index (χ0) is 9.26. The van der Waals surface area contributed by atoms with E-state index in [4.69, 9.17) is 23.2 Å². The standard InChI is InChI=1S/C8H5Cl2N3/c9-6-5-7(10)13(12-6)8-3-1-2-4-11-8/h1-5H. The van der Waals surface area contributed by atoms with Crippen LogP contribution in [0.2, 0.25) is 10.3 Å². The van der Waals surface area contributed by atoms with Crippen LogP contribution in [-0.4, -0.2) is 14.8 Å². The predicted octanol–water partition coefficient (Wildman–Crippen LogP) is 2.57. The van der Waals surface area contributed by atoms with Crippen LogP contribution in [0, 0.1) is 0 Å². The van der Waals surface area contributed by atoms with Gasteiger partial charge < -0.3 is 0 Å². The Morgan fingerprint density at radius 2 is 2.08 bits per heavy atom. The smallest absolute Gasteiger partial charge is 0.155 e. The van der Waals surface area contributed by atoms with Gasteiger partial charge in [0.05, 0.1) is 0 Å². The molecule has 0 saturated carbocycles. The van der Waals surface area contributed by atoms with Crippen LogP contribution in [0.1, 0.15) is 0 Å². The third kappa shape index (κ3) is 1.66. The summed E-state index contributed by atoms with van der Waals surface area (Å²) in [5.74, 6) is 0.652. The molecule has 2 heterocycles. The zero-order valence-corrected chi connectivity index (χ0v) is 8.00. The van der Waals surface area contributed by atoms with Gasteiger partial charge in [-0.3, -0.25) is 0 Å². The average Bonchev–Trinajstić information content (AvgIpc) is 2.47.